The van der Waals surface area contributed by atoms with Crippen molar-refractivity contribution >= 4 is 38.9 Å². The van der Waals surface area contributed by atoms with E-state index in [1.54, 1.807) is 0 Å². The topological polar surface area (TPSA) is 77.1 Å². The summed E-state index contributed by atoms with van der Waals surface area (Å²) in [6, 6.07) is 9.34. The van der Waals surface area contributed by atoms with E-state index < -0.39 is 5.76 Å². The number of benzene rings is 1. The lowest BCUT2D eigenvalue weighted by Gasteiger charge is -2.07. The maximum absolute atomic E-state index is 12.1. The average molecular weight is 408 g/mol. The molecule has 2 heterocycles. The fourth-order valence-electron chi connectivity index (χ4n) is 2.09. The van der Waals surface area contributed by atoms with Gasteiger partial charge in [0.1, 0.15) is 0 Å². The number of hydrogen-bond donors (Lipinski definition) is 1. The van der Waals surface area contributed by atoms with Gasteiger partial charge in [0, 0.05) is 10.9 Å². The van der Waals surface area contributed by atoms with Crippen LogP contribution in [0.25, 0.3) is 10.8 Å². The molecule has 2 aromatic heterocycles. The second-order valence-corrected chi connectivity index (χ2v) is 6.96. The molecule has 124 valence electrons. The van der Waals surface area contributed by atoms with Gasteiger partial charge in [-0.25, -0.2) is 4.79 Å². The predicted octanol–water partition coefficient (Wildman–Crippen LogP) is 3.66. The van der Waals surface area contributed by atoms with Crippen LogP contribution in [0.2, 0.25) is 0 Å². The summed E-state index contributed by atoms with van der Waals surface area (Å²) in [5.74, 6) is -0.494. The van der Waals surface area contributed by atoms with Gasteiger partial charge in [0.15, 0.2) is 0 Å². The van der Waals surface area contributed by atoms with Crippen LogP contribution in [0.1, 0.15) is 12.0 Å². The number of halogens is 1. The van der Waals surface area contributed by atoms with Crippen molar-refractivity contribution < 1.29 is 9.21 Å². The highest BCUT2D eigenvalue weighted by atomic mass is 79.9. The van der Waals surface area contributed by atoms with Crippen LogP contribution in [0.4, 0.5) is 5.69 Å². The molecular weight excluding hydrogens is 394 g/mol. The van der Waals surface area contributed by atoms with Gasteiger partial charge in [-0.05, 0) is 52.0 Å². The van der Waals surface area contributed by atoms with Crippen LogP contribution >= 0.6 is 27.3 Å². The van der Waals surface area contributed by atoms with Crippen molar-refractivity contribution in [3.05, 3.63) is 56.3 Å². The predicted molar refractivity (Wildman–Crippen MR) is 96.2 cm³/mol. The Morgan fingerprint density at radius 2 is 2.25 bits per heavy atom. The second kappa shape index (κ2) is 7.14. The molecule has 0 saturated heterocycles. The summed E-state index contributed by atoms with van der Waals surface area (Å²) < 4.78 is 7.09. The van der Waals surface area contributed by atoms with Crippen LogP contribution in [0.5, 0.6) is 0 Å². The van der Waals surface area contributed by atoms with Gasteiger partial charge in [-0.2, -0.15) is 4.68 Å². The zero-order valence-electron chi connectivity index (χ0n) is 12.8. The number of nitrogens with zero attached hydrogens (tertiary/aromatic N) is 2. The monoisotopic (exact) mass is 407 g/mol. The summed E-state index contributed by atoms with van der Waals surface area (Å²) in [5.41, 5.74) is 1.78. The Morgan fingerprint density at radius 1 is 1.42 bits per heavy atom. The third kappa shape index (κ3) is 3.82. The number of carbonyl (C=O) groups is 1. The van der Waals surface area contributed by atoms with E-state index >= 15 is 0 Å². The minimum atomic E-state index is -0.567. The van der Waals surface area contributed by atoms with Crippen LogP contribution in [0.3, 0.4) is 0 Å². The largest absolute Gasteiger partial charge is 0.437 e. The van der Waals surface area contributed by atoms with E-state index in [9.17, 15) is 9.59 Å². The van der Waals surface area contributed by atoms with E-state index in [2.05, 4.69) is 26.3 Å². The first-order valence-corrected chi connectivity index (χ1v) is 8.88. The van der Waals surface area contributed by atoms with Crippen molar-refractivity contribution in [2.75, 3.05) is 5.32 Å². The third-order valence-corrected chi connectivity index (χ3v) is 4.80. The lowest BCUT2D eigenvalue weighted by molar-refractivity contribution is -0.116. The van der Waals surface area contributed by atoms with Crippen LogP contribution < -0.4 is 11.1 Å². The molecular formula is C16H14BrN3O3S. The van der Waals surface area contributed by atoms with Gasteiger partial charge in [0.2, 0.25) is 5.91 Å². The molecule has 0 spiro atoms. The Balaban J connectivity index is 1.63. The Bertz CT molecular complexity index is 915. The van der Waals surface area contributed by atoms with E-state index in [4.69, 9.17) is 4.42 Å². The van der Waals surface area contributed by atoms with Crippen molar-refractivity contribution in [3.63, 3.8) is 0 Å². The van der Waals surface area contributed by atoms with E-state index in [-0.39, 0.29) is 24.8 Å². The minimum Gasteiger partial charge on any atom is -0.387 e. The van der Waals surface area contributed by atoms with Crippen molar-refractivity contribution in [2.45, 2.75) is 19.9 Å². The standard InChI is InChI=1S/C16H14BrN3O3S/c1-10-4-5-12(11(17)9-10)18-14(21)6-7-20-16(22)23-15(19-20)13-3-2-8-24-13/h2-5,8-9H,6-7H2,1H3,(H,18,21). The van der Waals surface area contributed by atoms with Gasteiger partial charge in [0.25, 0.3) is 5.89 Å². The zero-order chi connectivity index (χ0) is 17.1. The molecule has 3 aromatic rings. The van der Waals surface area contributed by atoms with Crippen molar-refractivity contribution in [3.8, 4) is 10.8 Å². The number of aryl methyl sites for hydroxylation is 2. The molecule has 0 unspecified atom stereocenters. The van der Waals surface area contributed by atoms with E-state index in [0.717, 1.165) is 14.9 Å². The van der Waals surface area contributed by atoms with E-state index in [1.807, 2.05) is 42.6 Å². The minimum absolute atomic E-state index is 0.122. The lowest BCUT2D eigenvalue weighted by Crippen LogP contribution is -2.21. The molecule has 0 saturated carbocycles. The summed E-state index contributed by atoms with van der Waals surface area (Å²) in [5, 5.41) is 8.80. The fraction of sp³-hybridized carbons (Fsp3) is 0.188. The molecule has 0 radical (unpaired) electrons. The van der Waals surface area contributed by atoms with Crippen LogP contribution in [-0.4, -0.2) is 15.7 Å². The highest BCUT2D eigenvalue weighted by molar-refractivity contribution is 9.10. The van der Waals surface area contributed by atoms with Gasteiger partial charge in [-0.15, -0.1) is 16.4 Å². The Morgan fingerprint density at radius 3 is 2.96 bits per heavy atom. The molecule has 0 fully saturated rings. The lowest BCUT2D eigenvalue weighted by atomic mass is 10.2. The van der Waals surface area contributed by atoms with Gasteiger partial charge < -0.3 is 9.73 Å². The first kappa shape index (κ1) is 16.7. The summed E-state index contributed by atoms with van der Waals surface area (Å²) in [6.45, 7) is 2.13. The van der Waals surface area contributed by atoms with Crippen molar-refractivity contribution in [1.82, 2.24) is 9.78 Å². The summed E-state index contributed by atoms with van der Waals surface area (Å²) in [7, 11) is 0. The van der Waals surface area contributed by atoms with Gasteiger partial charge in [-0.3, -0.25) is 4.79 Å². The molecule has 8 heteroatoms. The maximum Gasteiger partial charge on any atom is 0.437 e. The maximum atomic E-state index is 12.1. The quantitative estimate of drug-likeness (QED) is 0.699. The molecule has 1 aromatic carbocycles. The fourth-order valence-corrected chi connectivity index (χ4v) is 3.33. The molecule has 0 aliphatic rings. The van der Waals surface area contributed by atoms with Gasteiger partial charge >= 0.3 is 5.76 Å². The number of carbonyl (C=O) groups excluding carboxylic acids is 1. The van der Waals surface area contributed by atoms with Crippen LogP contribution in [-0.2, 0) is 11.3 Å². The Kier molecular flexibility index (Phi) is 4.96. The molecule has 1 amide bonds. The first-order valence-electron chi connectivity index (χ1n) is 7.21. The van der Waals surface area contributed by atoms with Crippen molar-refractivity contribution in [2.24, 2.45) is 0 Å². The van der Waals surface area contributed by atoms with Crippen LogP contribution in [0.15, 0.2) is 49.4 Å². The average Bonchev–Trinajstić information content (AvgIpc) is 3.17. The first-order chi connectivity index (χ1) is 11.5. The number of rotatable bonds is 5. The Hall–Kier alpha value is -2.19. The normalized spacial score (nSPS) is 10.8. The summed E-state index contributed by atoms with van der Waals surface area (Å²) in [6.07, 6.45) is 0.122. The number of amides is 1. The number of aromatic nitrogens is 2. The molecule has 3 rings (SSSR count). The molecule has 0 aliphatic carbocycles. The molecule has 1 N–H and O–H groups in total. The van der Waals surface area contributed by atoms with Gasteiger partial charge in [-0.1, -0.05) is 12.1 Å². The van der Waals surface area contributed by atoms with E-state index in [0.29, 0.717) is 5.69 Å². The van der Waals surface area contributed by atoms with Crippen LogP contribution in [0, 0.1) is 6.92 Å². The highest BCUT2D eigenvalue weighted by Gasteiger charge is 2.13. The smallest absolute Gasteiger partial charge is 0.387 e. The molecule has 0 atom stereocenters. The molecule has 24 heavy (non-hydrogen) atoms. The van der Waals surface area contributed by atoms with Gasteiger partial charge in [0.05, 0.1) is 17.1 Å². The van der Waals surface area contributed by atoms with Crippen molar-refractivity contribution in [1.29, 1.82) is 0 Å². The highest BCUT2D eigenvalue weighted by Crippen LogP contribution is 2.23. The molecule has 0 bridgehead atoms. The SMILES string of the molecule is Cc1ccc(NC(=O)CCn2nc(-c3cccs3)oc2=O)c(Br)c1. The second-order valence-electron chi connectivity index (χ2n) is 5.16. The number of thiophene rings is 1. The number of hydrogen-bond acceptors (Lipinski definition) is 5. The number of anilines is 1. The summed E-state index contributed by atoms with van der Waals surface area (Å²) in [4.78, 5) is 24.6. The Labute approximate surface area is 150 Å². The summed E-state index contributed by atoms with van der Waals surface area (Å²) >= 11 is 4.85. The van der Waals surface area contributed by atoms with E-state index in [1.165, 1.54) is 16.0 Å². The zero-order valence-corrected chi connectivity index (χ0v) is 15.2. The third-order valence-electron chi connectivity index (χ3n) is 3.29. The molecule has 6 nitrogen and oxygen atoms in total. The molecule has 0 aliphatic heterocycles. The number of nitrogens with one attached hydrogen (secondary N) is 1.